The van der Waals surface area contributed by atoms with Gasteiger partial charge < -0.3 is 9.84 Å². The van der Waals surface area contributed by atoms with E-state index in [0.29, 0.717) is 6.54 Å². The number of aliphatic carboxylic acids is 1. The fraction of sp³-hybridized carbons (Fsp3) is 0.579. The Morgan fingerprint density at radius 1 is 1.25 bits per heavy atom. The Bertz CT molecular complexity index is 564. The molecule has 1 aromatic carbocycles. The number of amides is 1. The predicted octanol–water partition coefficient (Wildman–Crippen LogP) is 3.72. The first-order valence-electron chi connectivity index (χ1n) is 8.54. The van der Waals surface area contributed by atoms with Crippen molar-refractivity contribution in [1.29, 1.82) is 0 Å². The van der Waals surface area contributed by atoms with Gasteiger partial charge >= 0.3 is 12.1 Å². The number of piperidine rings is 1. The normalized spacial score (nSPS) is 21.4. The van der Waals surface area contributed by atoms with Gasteiger partial charge in [0.1, 0.15) is 11.6 Å². The number of likely N-dealkylation sites (tertiary alicyclic amines) is 1. The number of carbonyl (C=O) groups is 2. The zero-order valence-corrected chi connectivity index (χ0v) is 14.7. The number of carboxylic acids is 1. The van der Waals surface area contributed by atoms with E-state index in [2.05, 4.69) is 0 Å². The number of nitrogens with zero attached hydrogens (tertiary/aromatic N) is 1. The second-order valence-corrected chi connectivity index (χ2v) is 7.38. The lowest BCUT2D eigenvalue weighted by Gasteiger charge is -2.39. The van der Waals surface area contributed by atoms with Gasteiger partial charge in [0, 0.05) is 6.54 Å². The highest BCUT2D eigenvalue weighted by Gasteiger charge is 2.40. The van der Waals surface area contributed by atoms with Gasteiger partial charge in [-0.15, -0.1) is 0 Å². The van der Waals surface area contributed by atoms with Crippen molar-refractivity contribution in [2.24, 2.45) is 5.92 Å². The Labute approximate surface area is 143 Å². The lowest BCUT2D eigenvalue weighted by molar-refractivity contribution is -0.147. The SMILES string of the molecule is CC(C)(C)OC(=O)N1CCC[C@H](CCc2ccccc2)[C@H]1C(=O)O. The van der Waals surface area contributed by atoms with Crippen LogP contribution in [0.15, 0.2) is 30.3 Å². The summed E-state index contributed by atoms with van der Waals surface area (Å²) in [4.78, 5) is 25.6. The van der Waals surface area contributed by atoms with Gasteiger partial charge in [-0.1, -0.05) is 30.3 Å². The molecule has 132 valence electrons. The van der Waals surface area contributed by atoms with E-state index in [0.717, 1.165) is 25.7 Å². The molecule has 0 bridgehead atoms. The highest BCUT2D eigenvalue weighted by atomic mass is 16.6. The number of carboxylic acid groups (broad SMARTS) is 1. The van der Waals surface area contributed by atoms with Gasteiger partial charge in [0.25, 0.3) is 0 Å². The number of carbonyl (C=O) groups excluding carboxylic acids is 1. The van der Waals surface area contributed by atoms with Crippen molar-refractivity contribution < 1.29 is 19.4 Å². The van der Waals surface area contributed by atoms with Gasteiger partial charge in [-0.05, 0) is 57.9 Å². The first-order chi connectivity index (χ1) is 11.3. The molecule has 1 aromatic rings. The van der Waals surface area contributed by atoms with Crippen LogP contribution >= 0.6 is 0 Å². The summed E-state index contributed by atoms with van der Waals surface area (Å²) in [7, 11) is 0. The largest absolute Gasteiger partial charge is 0.480 e. The maximum atomic E-state index is 12.4. The average molecular weight is 333 g/mol. The van der Waals surface area contributed by atoms with E-state index in [4.69, 9.17) is 4.74 Å². The van der Waals surface area contributed by atoms with Crippen molar-refractivity contribution in [3.8, 4) is 0 Å². The molecule has 1 amide bonds. The molecule has 1 heterocycles. The monoisotopic (exact) mass is 333 g/mol. The van der Waals surface area contributed by atoms with Gasteiger partial charge in [-0.2, -0.15) is 0 Å². The third kappa shape index (κ3) is 4.98. The van der Waals surface area contributed by atoms with Crippen LogP contribution in [0.3, 0.4) is 0 Å². The fourth-order valence-corrected chi connectivity index (χ4v) is 3.23. The lowest BCUT2D eigenvalue weighted by atomic mass is 9.84. The minimum absolute atomic E-state index is 0.0519. The van der Waals surface area contributed by atoms with Crippen molar-refractivity contribution in [3.63, 3.8) is 0 Å². The predicted molar refractivity (Wildman–Crippen MR) is 91.9 cm³/mol. The molecule has 24 heavy (non-hydrogen) atoms. The number of benzene rings is 1. The second kappa shape index (κ2) is 7.69. The zero-order chi connectivity index (χ0) is 17.7. The number of aryl methyl sites for hydroxylation is 1. The standard InChI is InChI=1S/C19H27NO4/c1-19(2,3)24-18(23)20-13-7-10-15(16(20)17(21)22)12-11-14-8-5-4-6-9-14/h4-6,8-9,15-16H,7,10-13H2,1-3H3,(H,21,22)/t15-,16+/m1/s1. The third-order valence-electron chi connectivity index (χ3n) is 4.28. The Morgan fingerprint density at radius 2 is 1.92 bits per heavy atom. The summed E-state index contributed by atoms with van der Waals surface area (Å²) >= 11 is 0. The minimum atomic E-state index is -0.946. The first-order valence-corrected chi connectivity index (χ1v) is 8.54. The summed E-state index contributed by atoms with van der Waals surface area (Å²) in [6, 6.07) is 9.22. The first kappa shape index (κ1) is 18.3. The molecular weight excluding hydrogens is 306 g/mol. The van der Waals surface area contributed by atoms with Crippen LogP contribution in [0.2, 0.25) is 0 Å². The Balaban J connectivity index is 2.07. The van der Waals surface area contributed by atoms with Gasteiger partial charge in [0.2, 0.25) is 0 Å². The van der Waals surface area contributed by atoms with E-state index in [-0.39, 0.29) is 5.92 Å². The number of rotatable bonds is 4. The molecule has 5 heteroatoms. The summed E-state index contributed by atoms with van der Waals surface area (Å²) in [6.45, 7) is 5.81. The molecule has 1 fully saturated rings. The molecule has 0 saturated carbocycles. The van der Waals surface area contributed by atoms with E-state index in [1.165, 1.54) is 10.5 Å². The van der Waals surface area contributed by atoms with Crippen LogP contribution in [0.5, 0.6) is 0 Å². The van der Waals surface area contributed by atoms with Gasteiger partial charge in [0.05, 0.1) is 0 Å². The van der Waals surface area contributed by atoms with E-state index in [1.807, 2.05) is 30.3 Å². The van der Waals surface area contributed by atoms with Crippen LogP contribution in [0.4, 0.5) is 4.79 Å². The fourth-order valence-electron chi connectivity index (χ4n) is 3.23. The number of ether oxygens (including phenoxy) is 1. The van der Waals surface area contributed by atoms with E-state index in [9.17, 15) is 14.7 Å². The topological polar surface area (TPSA) is 66.8 Å². The quantitative estimate of drug-likeness (QED) is 0.912. The summed E-state index contributed by atoms with van der Waals surface area (Å²) in [5.41, 5.74) is 0.563. The molecule has 1 aliphatic rings. The maximum absolute atomic E-state index is 12.4. The van der Waals surface area contributed by atoms with E-state index < -0.39 is 23.7 Å². The molecule has 0 radical (unpaired) electrons. The Morgan fingerprint density at radius 3 is 2.50 bits per heavy atom. The molecule has 0 aliphatic carbocycles. The van der Waals surface area contributed by atoms with Gasteiger partial charge in [-0.3, -0.25) is 4.90 Å². The molecule has 0 unspecified atom stereocenters. The highest BCUT2D eigenvalue weighted by molar-refractivity contribution is 5.80. The Kier molecular flexibility index (Phi) is 5.86. The molecule has 5 nitrogen and oxygen atoms in total. The summed E-state index contributed by atoms with van der Waals surface area (Å²) < 4.78 is 5.39. The molecule has 2 atom stereocenters. The van der Waals surface area contributed by atoms with Crippen molar-refractivity contribution in [2.45, 2.75) is 58.1 Å². The van der Waals surface area contributed by atoms with Crippen LogP contribution in [0, 0.1) is 5.92 Å². The van der Waals surface area contributed by atoms with Crippen LogP contribution in [0.25, 0.3) is 0 Å². The van der Waals surface area contributed by atoms with Gasteiger partial charge in [0.15, 0.2) is 0 Å². The highest BCUT2D eigenvalue weighted by Crippen LogP contribution is 2.29. The van der Waals surface area contributed by atoms with E-state index in [1.54, 1.807) is 20.8 Å². The molecule has 0 aromatic heterocycles. The summed E-state index contributed by atoms with van der Waals surface area (Å²) in [5.74, 6) is -0.998. The van der Waals surface area contributed by atoms with Crippen molar-refractivity contribution in [1.82, 2.24) is 4.90 Å². The summed E-state index contributed by atoms with van der Waals surface area (Å²) in [5, 5.41) is 9.67. The van der Waals surface area contributed by atoms with E-state index >= 15 is 0 Å². The number of hydrogen-bond acceptors (Lipinski definition) is 3. The maximum Gasteiger partial charge on any atom is 0.411 e. The zero-order valence-electron chi connectivity index (χ0n) is 14.7. The molecule has 1 N–H and O–H groups in total. The van der Waals surface area contributed by atoms with Crippen LogP contribution in [-0.4, -0.2) is 40.3 Å². The molecule has 2 rings (SSSR count). The average Bonchev–Trinajstić information content (AvgIpc) is 2.51. The molecule has 1 aliphatic heterocycles. The lowest BCUT2D eigenvalue weighted by Crippen LogP contribution is -2.53. The van der Waals surface area contributed by atoms with Crippen molar-refractivity contribution in [2.75, 3.05) is 6.54 Å². The van der Waals surface area contributed by atoms with Gasteiger partial charge in [-0.25, -0.2) is 9.59 Å². The van der Waals surface area contributed by atoms with Crippen molar-refractivity contribution in [3.05, 3.63) is 35.9 Å². The van der Waals surface area contributed by atoms with Crippen LogP contribution in [-0.2, 0) is 16.0 Å². The smallest absolute Gasteiger partial charge is 0.411 e. The molecular formula is C19H27NO4. The second-order valence-electron chi connectivity index (χ2n) is 7.38. The summed E-state index contributed by atoms with van der Waals surface area (Å²) in [6.07, 6.45) is 2.67. The van der Waals surface area contributed by atoms with Crippen LogP contribution < -0.4 is 0 Å². The number of hydrogen-bond donors (Lipinski definition) is 1. The third-order valence-corrected chi connectivity index (χ3v) is 4.28. The Hall–Kier alpha value is -2.04. The van der Waals surface area contributed by atoms with Crippen molar-refractivity contribution >= 4 is 12.1 Å². The minimum Gasteiger partial charge on any atom is -0.480 e. The van der Waals surface area contributed by atoms with Crippen LogP contribution in [0.1, 0.15) is 45.6 Å². The molecule has 0 spiro atoms. The molecule has 1 saturated heterocycles.